The van der Waals surface area contributed by atoms with Gasteiger partial charge in [0.05, 0.1) is 5.39 Å². The van der Waals surface area contributed by atoms with E-state index in [-0.39, 0.29) is 40.6 Å². The maximum Gasteiger partial charge on any atom is 0.359 e. The Balaban J connectivity index is 1.51. The lowest BCUT2D eigenvalue weighted by Gasteiger charge is -2.39. The maximum absolute atomic E-state index is 12.9. The van der Waals surface area contributed by atoms with Crippen molar-refractivity contribution in [3.63, 3.8) is 0 Å². The number of rotatable bonds is 4. The van der Waals surface area contributed by atoms with Gasteiger partial charge in [-0.25, -0.2) is 9.48 Å². The zero-order valence-corrected chi connectivity index (χ0v) is 18.1. The van der Waals surface area contributed by atoms with Crippen molar-refractivity contribution in [3.05, 3.63) is 40.3 Å². The Morgan fingerprint density at radius 3 is 2.57 bits per heavy atom. The number of carbonyl (C=O) groups excluding carboxylic acids is 2. The second-order valence-corrected chi connectivity index (χ2v) is 9.83. The van der Waals surface area contributed by atoms with E-state index in [1.165, 1.54) is 4.68 Å². The highest BCUT2D eigenvalue weighted by Crippen LogP contribution is 2.52. The summed E-state index contributed by atoms with van der Waals surface area (Å²) >= 11 is 0. The number of aromatic nitrogens is 2. The minimum Gasteiger partial charge on any atom is -0.451 e. The molecule has 0 spiro atoms. The van der Waals surface area contributed by atoms with Crippen molar-refractivity contribution in [2.45, 2.75) is 59.5 Å². The molecule has 1 aliphatic carbocycles. The topological polar surface area (TPSA) is 81.5 Å². The number of likely N-dealkylation sites (tertiary alicyclic amines) is 1. The van der Waals surface area contributed by atoms with Crippen molar-refractivity contribution in [2.24, 2.45) is 10.8 Å². The highest BCUT2D eigenvalue weighted by atomic mass is 16.5. The first-order valence-corrected chi connectivity index (χ1v) is 10.6. The van der Waals surface area contributed by atoms with Gasteiger partial charge in [-0.3, -0.25) is 9.59 Å². The van der Waals surface area contributed by atoms with Gasteiger partial charge in [0.1, 0.15) is 0 Å². The summed E-state index contributed by atoms with van der Waals surface area (Å²) in [5.41, 5.74) is 0.148. The lowest BCUT2D eigenvalue weighted by molar-refractivity contribution is -0.135. The van der Waals surface area contributed by atoms with E-state index in [9.17, 15) is 14.4 Å². The summed E-state index contributed by atoms with van der Waals surface area (Å²) in [6, 6.07) is 7.03. The molecule has 0 unspecified atom stereocenters. The molecule has 2 heterocycles. The van der Waals surface area contributed by atoms with Crippen molar-refractivity contribution in [1.29, 1.82) is 0 Å². The Labute approximate surface area is 176 Å². The first-order chi connectivity index (χ1) is 14.1. The Morgan fingerprint density at radius 1 is 1.17 bits per heavy atom. The van der Waals surface area contributed by atoms with E-state index in [2.05, 4.69) is 25.9 Å². The van der Waals surface area contributed by atoms with Gasteiger partial charge in [0.25, 0.3) is 11.5 Å². The molecule has 2 bridgehead atoms. The maximum atomic E-state index is 12.9. The molecule has 1 amide bonds. The average molecular weight is 412 g/mol. The second-order valence-electron chi connectivity index (χ2n) is 9.83. The van der Waals surface area contributed by atoms with Crippen molar-refractivity contribution >= 4 is 22.6 Å². The quantitative estimate of drug-likeness (QED) is 0.723. The van der Waals surface area contributed by atoms with E-state index in [0.29, 0.717) is 23.9 Å². The van der Waals surface area contributed by atoms with E-state index >= 15 is 0 Å². The monoisotopic (exact) mass is 411 g/mol. The van der Waals surface area contributed by atoms with Crippen molar-refractivity contribution < 1.29 is 14.3 Å². The first kappa shape index (κ1) is 20.6. The van der Waals surface area contributed by atoms with E-state index in [1.54, 1.807) is 31.2 Å². The number of hydrogen-bond acceptors (Lipinski definition) is 5. The number of esters is 1. The Kier molecular flexibility index (Phi) is 4.95. The Morgan fingerprint density at radius 2 is 1.87 bits per heavy atom. The van der Waals surface area contributed by atoms with Crippen LogP contribution in [-0.4, -0.2) is 45.8 Å². The molecule has 0 N–H and O–H groups in total. The van der Waals surface area contributed by atoms with Gasteiger partial charge in [0.2, 0.25) is 0 Å². The van der Waals surface area contributed by atoms with E-state index in [4.69, 9.17) is 4.74 Å². The van der Waals surface area contributed by atoms with Gasteiger partial charge in [-0.15, -0.1) is 0 Å². The van der Waals surface area contributed by atoms with E-state index in [0.717, 1.165) is 19.3 Å². The second kappa shape index (κ2) is 7.22. The molecule has 1 saturated carbocycles. The molecular formula is C23H29N3O4. The minimum absolute atomic E-state index is 0.0631. The first-order valence-electron chi connectivity index (χ1n) is 10.6. The molecule has 7 heteroatoms. The summed E-state index contributed by atoms with van der Waals surface area (Å²) in [6.07, 6.45) is 3.06. The number of benzene rings is 1. The van der Waals surface area contributed by atoms with Crippen molar-refractivity contribution in [1.82, 2.24) is 14.7 Å². The van der Waals surface area contributed by atoms with Crippen LogP contribution < -0.4 is 5.56 Å². The standard InChI is InChI=1S/C23H29N3O4/c1-5-26-20(28)17-9-7-6-8-16(17)19(24-26)21(29)30-12-18(27)25-14-23(4)11-15(25)10-22(2,3)13-23/h6-9,15H,5,10-14H2,1-4H3/t15-,23-/m0/s1. The zero-order chi connectivity index (χ0) is 21.7. The number of aryl methyl sites for hydroxylation is 1. The molecular weight excluding hydrogens is 382 g/mol. The summed E-state index contributed by atoms with van der Waals surface area (Å²) in [5, 5.41) is 5.04. The largest absolute Gasteiger partial charge is 0.451 e. The molecule has 1 aliphatic heterocycles. The molecule has 30 heavy (non-hydrogen) atoms. The Bertz CT molecular complexity index is 1070. The van der Waals surface area contributed by atoms with Crippen molar-refractivity contribution in [3.8, 4) is 0 Å². The minimum atomic E-state index is -0.685. The highest BCUT2D eigenvalue weighted by molar-refractivity contribution is 6.02. The summed E-state index contributed by atoms with van der Waals surface area (Å²) in [5.74, 6) is -0.849. The number of nitrogens with zero attached hydrogens (tertiary/aromatic N) is 3. The summed E-state index contributed by atoms with van der Waals surface area (Å²) < 4.78 is 6.62. The van der Waals surface area contributed by atoms with Gasteiger partial charge in [0.15, 0.2) is 12.3 Å². The van der Waals surface area contributed by atoms with Crippen LogP contribution in [0, 0.1) is 10.8 Å². The highest BCUT2D eigenvalue weighted by Gasteiger charge is 2.50. The lowest BCUT2D eigenvalue weighted by Crippen LogP contribution is -2.40. The van der Waals surface area contributed by atoms with E-state index in [1.807, 2.05) is 4.90 Å². The Hall–Kier alpha value is -2.70. The van der Waals surface area contributed by atoms with E-state index < -0.39 is 5.97 Å². The van der Waals surface area contributed by atoms with Crippen LogP contribution in [0.4, 0.5) is 0 Å². The van der Waals surface area contributed by atoms with Crippen LogP contribution in [0.5, 0.6) is 0 Å². The number of fused-ring (bicyclic) bond motifs is 3. The third kappa shape index (κ3) is 3.61. The number of amides is 1. The SMILES string of the molecule is CCn1nc(C(=O)OCC(=O)N2C[C@@]3(C)C[C@@H]2CC(C)(C)C3)c2ccccc2c1=O. The van der Waals surface area contributed by atoms with Gasteiger partial charge in [-0.2, -0.15) is 5.10 Å². The fourth-order valence-corrected chi connectivity index (χ4v) is 5.63. The predicted molar refractivity (Wildman–Crippen MR) is 113 cm³/mol. The smallest absolute Gasteiger partial charge is 0.359 e. The van der Waals surface area contributed by atoms with Crippen molar-refractivity contribution in [2.75, 3.05) is 13.2 Å². The van der Waals surface area contributed by atoms with Crippen LogP contribution >= 0.6 is 0 Å². The van der Waals surface area contributed by atoms with Gasteiger partial charge in [-0.1, -0.05) is 39.0 Å². The van der Waals surface area contributed by atoms with Gasteiger partial charge in [-0.05, 0) is 43.1 Å². The van der Waals surface area contributed by atoms with Gasteiger partial charge in [0, 0.05) is 24.5 Å². The molecule has 2 aliphatic rings. The zero-order valence-electron chi connectivity index (χ0n) is 18.1. The van der Waals surface area contributed by atoms with Gasteiger partial charge >= 0.3 is 5.97 Å². The summed E-state index contributed by atoms with van der Waals surface area (Å²) in [6.45, 7) is 9.27. The normalized spacial score (nSPS) is 24.8. The number of ether oxygens (including phenoxy) is 1. The molecule has 160 valence electrons. The molecule has 1 saturated heterocycles. The predicted octanol–water partition coefficient (Wildman–Crippen LogP) is 3.00. The van der Waals surface area contributed by atoms with Crippen LogP contribution in [0.3, 0.4) is 0 Å². The molecule has 2 fully saturated rings. The molecule has 2 aromatic rings. The summed E-state index contributed by atoms with van der Waals surface area (Å²) in [4.78, 5) is 40.0. The molecule has 4 rings (SSSR count). The fourth-order valence-electron chi connectivity index (χ4n) is 5.63. The molecule has 2 atom stereocenters. The van der Waals surface area contributed by atoms with Crippen LogP contribution in [0.1, 0.15) is 57.4 Å². The van der Waals surface area contributed by atoms with Crippen LogP contribution in [0.2, 0.25) is 0 Å². The third-order valence-electron chi connectivity index (χ3n) is 6.42. The van der Waals surface area contributed by atoms with Crippen LogP contribution in [-0.2, 0) is 16.1 Å². The molecule has 0 radical (unpaired) electrons. The summed E-state index contributed by atoms with van der Waals surface area (Å²) in [7, 11) is 0. The number of hydrogen-bond donors (Lipinski definition) is 0. The molecule has 1 aromatic heterocycles. The lowest BCUT2D eigenvalue weighted by atomic mass is 9.65. The van der Waals surface area contributed by atoms with Crippen LogP contribution in [0.25, 0.3) is 10.8 Å². The fraction of sp³-hybridized carbons (Fsp3) is 0.565. The average Bonchev–Trinajstić information content (AvgIpc) is 2.95. The number of carbonyl (C=O) groups is 2. The van der Waals surface area contributed by atoms with Gasteiger partial charge < -0.3 is 9.64 Å². The molecule has 7 nitrogen and oxygen atoms in total. The van der Waals surface area contributed by atoms with Crippen LogP contribution in [0.15, 0.2) is 29.1 Å². The molecule has 1 aromatic carbocycles. The third-order valence-corrected chi connectivity index (χ3v) is 6.42.